The van der Waals surface area contributed by atoms with E-state index in [0.29, 0.717) is 0 Å². The molecule has 20 heavy (non-hydrogen) atoms. The van der Waals surface area contributed by atoms with Gasteiger partial charge in [-0.2, -0.15) is 18.2 Å². The average molecular weight is 291 g/mol. The Balaban J connectivity index is 2.14. The summed E-state index contributed by atoms with van der Waals surface area (Å²) >= 11 is 0. The predicted octanol–water partition coefficient (Wildman–Crippen LogP) is 2.07. The summed E-state index contributed by atoms with van der Waals surface area (Å²) in [6.07, 6.45) is -7.32. The van der Waals surface area contributed by atoms with Crippen molar-refractivity contribution in [3.8, 4) is 0 Å². The van der Waals surface area contributed by atoms with Crippen molar-refractivity contribution < 1.29 is 27.6 Å². The Morgan fingerprint density at radius 3 is 2.80 bits per heavy atom. The molecule has 0 aliphatic carbocycles. The maximum Gasteiger partial charge on any atom is 0.416 e. The van der Waals surface area contributed by atoms with Crippen molar-refractivity contribution in [2.75, 3.05) is 11.9 Å². The van der Waals surface area contributed by atoms with Gasteiger partial charge in [-0.05, 0) is 6.07 Å². The normalized spacial score (nSPS) is 13.4. The summed E-state index contributed by atoms with van der Waals surface area (Å²) < 4.78 is 41.3. The number of nitro benzene ring substituents is 1. The molecule has 0 saturated carbocycles. The average Bonchev–Trinajstić information content (AvgIpc) is 2.76. The molecule has 7 nitrogen and oxygen atoms in total. The van der Waals surface area contributed by atoms with Crippen LogP contribution in [0.5, 0.6) is 0 Å². The van der Waals surface area contributed by atoms with Crippen molar-refractivity contribution in [3.63, 3.8) is 0 Å². The second-order valence-electron chi connectivity index (χ2n) is 3.87. The Hall–Kier alpha value is -2.36. The zero-order valence-electron chi connectivity index (χ0n) is 9.72. The fraction of sp³-hybridized carbons (Fsp3) is 0.300. The number of oxazole rings is 1. The number of aromatic nitrogens is 1. The van der Waals surface area contributed by atoms with E-state index in [0.717, 1.165) is 6.07 Å². The minimum absolute atomic E-state index is 0.128. The smallest absolute Gasteiger partial charge is 0.416 e. The minimum atomic E-state index is -4.75. The maximum atomic E-state index is 12.1. The molecular weight excluding hydrogens is 283 g/mol. The highest BCUT2D eigenvalue weighted by molar-refractivity contribution is 5.77. The van der Waals surface area contributed by atoms with E-state index in [2.05, 4.69) is 10.3 Å². The summed E-state index contributed by atoms with van der Waals surface area (Å²) in [6.45, 7) is -0.835. The van der Waals surface area contributed by atoms with Crippen LogP contribution in [0.15, 0.2) is 22.6 Å². The van der Waals surface area contributed by atoms with Crippen LogP contribution in [0, 0.1) is 10.1 Å². The zero-order chi connectivity index (χ0) is 14.9. The van der Waals surface area contributed by atoms with Crippen LogP contribution in [0.2, 0.25) is 0 Å². The van der Waals surface area contributed by atoms with Gasteiger partial charge >= 0.3 is 6.18 Å². The lowest BCUT2D eigenvalue weighted by Crippen LogP contribution is -2.35. The fourth-order valence-corrected chi connectivity index (χ4v) is 1.40. The van der Waals surface area contributed by atoms with E-state index in [1.807, 2.05) is 0 Å². The number of rotatable bonds is 4. The minimum Gasteiger partial charge on any atom is -0.424 e. The lowest BCUT2D eigenvalue weighted by molar-refractivity contribution is -0.384. The molecule has 1 heterocycles. The summed E-state index contributed by atoms with van der Waals surface area (Å²) in [5.41, 5.74) is 0.0930. The third-order valence-corrected chi connectivity index (χ3v) is 2.41. The van der Waals surface area contributed by atoms with Crippen molar-refractivity contribution in [3.05, 3.63) is 28.3 Å². The molecular formula is C10H8F3N3O4. The third-order valence-electron chi connectivity index (χ3n) is 2.41. The molecule has 0 aliphatic heterocycles. The van der Waals surface area contributed by atoms with Gasteiger partial charge in [-0.25, -0.2) is 0 Å². The van der Waals surface area contributed by atoms with Gasteiger partial charge in [0.15, 0.2) is 11.7 Å². The van der Waals surface area contributed by atoms with Crippen molar-refractivity contribution >= 4 is 22.8 Å². The number of benzene rings is 1. The molecule has 0 saturated heterocycles. The monoisotopic (exact) mass is 291 g/mol. The Morgan fingerprint density at radius 2 is 2.20 bits per heavy atom. The second-order valence-corrected chi connectivity index (χ2v) is 3.87. The number of nitrogens with zero attached hydrogens (tertiary/aromatic N) is 2. The first-order valence-corrected chi connectivity index (χ1v) is 5.31. The first kappa shape index (κ1) is 14.1. The fourth-order valence-electron chi connectivity index (χ4n) is 1.40. The summed E-state index contributed by atoms with van der Waals surface area (Å²) in [7, 11) is 0. The van der Waals surface area contributed by atoms with E-state index in [1.54, 1.807) is 0 Å². The van der Waals surface area contributed by atoms with E-state index in [1.165, 1.54) is 12.1 Å². The number of non-ortho nitro benzene ring substituents is 1. The Kier molecular flexibility index (Phi) is 3.49. The lowest BCUT2D eigenvalue weighted by Gasteiger charge is -2.13. The Labute approximate surface area is 109 Å². The molecule has 0 amide bonds. The summed E-state index contributed by atoms with van der Waals surface area (Å²) in [6, 6.07) is 3.33. The highest BCUT2D eigenvalue weighted by Gasteiger charge is 2.38. The van der Waals surface area contributed by atoms with Gasteiger partial charge in [0.25, 0.3) is 11.7 Å². The van der Waals surface area contributed by atoms with Crippen LogP contribution in [-0.4, -0.2) is 33.8 Å². The number of aliphatic hydroxyl groups excluding tert-OH is 1. The van der Waals surface area contributed by atoms with E-state index in [9.17, 15) is 23.3 Å². The maximum absolute atomic E-state index is 12.1. The van der Waals surface area contributed by atoms with Gasteiger partial charge in [-0.3, -0.25) is 10.1 Å². The molecule has 2 rings (SSSR count). The van der Waals surface area contributed by atoms with Crippen LogP contribution >= 0.6 is 0 Å². The predicted molar refractivity (Wildman–Crippen MR) is 61.2 cm³/mol. The van der Waals surface area contributed by atoms with Gasteiger partial charge < -0.3 is 14.8 Å². The number of nitro groups is 1. The van der Waals surface area contributed by atoms with E-state index >= 15 is 0 Å². The summed E-state index contributed by atoms with van der Waals surface area (Å²) in [5, 5.41) is 21.5. The standard InChI is InChI=1S/C10H8F3N3O4/c11-10(12,13)8(17)4-14-9-15-6-3-5(16(18)19)1-2-7(6)20-9/h1-3,8,17H,4H2,(H,14,15). The topological polar surface area (TPSA) is 101 Å². The first-order valence-electron chi connectivity index (χ1n) is 5.31. The number of anilines is 1. The molecule has 2 aromatic rings. The number of hydrogen-bond acceptors (Lipinski definition) is 6. The molecule has 0 radical (unpaired) electrons. The molecule has 1 unspecified atom stereocenters. The van der Waals surface area contributed by atoms with Crippen molar-refractivity contribution in [1.29, 1.82) is 0 Å². The largest absolute Gasteiger partial charge is 0.424 e. The molecule has 0 spiro atoms. The zero-order valence-corrected chi connectivity index (χ0v) is 9.72. The van der Waals surface area contributed by atoms with Gasteiger partial charge in [0.1, 0.15) is 5.52 Å². The van der Waals surface area contributed by atoms with Gasteiger partial charge in [-0.1, -0.05) is 0 Å². The summed E-state index contributed by atoms with van der Waals surface area (Å²) in [5.74, 6) is 0. The summed E-state index contributed by atoms with van der Waals surface area (Å²) in [4.78, 5) is 13.7. The number of alkyl halides is 3. The molecule has 0 bridgehead atoms. The number of fused-ring (bicyclic) bond motifs is 1. The quantitative estimate of drug-likeness (QED) is 0.660. The van der Waals surface area contributed by atoms with Crippen LogP contribution in [0.1, 0.15) is 0 Å². The van der Waals surface area contributed by atoms with Crippen molar-refractivity contribution in [2.45, 2.75) is 12.3 Å². The molecule has 108 valence electrons. The first-order chi connectivity index (χ1) is 9.27. The second kappa shape index (κ2) is 4.96. The lowest BCUT2D eigenvalue weighted by atomic mass is 10.3. The number of nitrogens with one attached hydrogen (secondary N) is 1. The molecule has 1 atom stereocenters. The van der Waals surface area contributed by atoms with Gasteiger partial charge in [0.2, 0.25) is 0 Å². The van der Waals surface area contributed by atoms with Gasteiger partial charge in [-0.15, -0.1) is 0 Å². The Bertz CT molecular complexity index is 640. The molecule has 1 aromatic heterocycles. The highest BCUT2D eigenvalue weighted by atomic mass is 19.4. The van der Waals surface area contributed by atoms with E-state index in [4.69, 9.17) is 9.52 Å². The third kappa shape index (κ3) is 2.96. The SMILES string of the molecule is O=[N+]([O-])c1ccc2oc(NCC(O)C(F)(F)F)nc2c1. The number of hydrogen-bond donors (Lipinski definition) is 2. The van der Waals surface area contributed by atoms with Crippen molar-refractivity contribution in [1.82, 2.24) is 4.98 Å². The van der Waals surface area contributed by atoms with Crippen molar-refractivity contribution in [2.24, 2.45) is 0 Å². The van der Waals surface area contributed by atoms with Gasteiger partial charge in [0, 0.05) is 12.1 Å². The molecule has 0 fully saturated rings. The molecule has 10 heteroatoms. The molecule has 1 aromatic carbocycles. The van der Waals surface area contributed by atoms with Crippen LogP contribution < -0.4 is 5.32 Å². The highest BCUT2D eigenvalue weighted by Crippen LogP contribution is 2.24. The Morgan fingerprint density at radius 1 is 1.50 bits per heavy atom. The van der Waals surface area contributed by atoms with Gasteiger partial charge in [0.05, 0.1) is 11.5 Å². The van der Waals surface area contributed by atoms with E-state index in [-0.39, 0.29) is 22.8 Å². The van der Waals surface area contributed by atoms with Crippen LogP contribution in [-0.2, 0) is 0 Å². The van der Waals surface area contributed by atoms with Crippen LogP contribution in [0.3, 0.4) is 0 Å². The molecule has 0 aliphatic rings. The van der Waals surface area contributed by atoms with E-state index < -0.39 is 23.7 Å². The van der Waals surface area contributed by atoms with Crippen LogP contribution in [0.4, 0.5) is 24.9 Å². The number of aliphatic hydroxyl groups is 1. The number of halogens is 3. The molecule has 2 N–H and O–H groups in total. The van der Waals surface area contributed by atoms with Crippen LogP contribution in [0.25, 0.3) is 11.1 Å².